The lowest BCUT2D eigenvalue weighted by Gasteiger charge is -2.09. The summed E-state index contributed by atoms with van der Waals surface area (Å²) < 4.78 is 18.9. The Bertz CT molecular complexity index is 567. The van der Waals surface area contributed by atoms with Crippen molar-refractivity contribution < 1.29 is 9.13 Å². The maximum atomic E-state index is 13.5. The van der Waals surface area contributed by atoms with E-state index in [2.05, 4.69) is 0 Å². The first-order valence-corrected chi connectivity index (χ1v) is 5.36. The fourth-order valence-electron chi connectivity index (χ4n) is 1.51. The monoisotopic (exact) mass is 242 g/mol. The number of halogens is 1. The maximum Gasteiger partial charge on any atom is 0.131 e. The molecule has 0 fully saturated rings. The fourth-order valence-corrected chi connectivity index (χ4v) is 1.51. The zero-order valence-corrected chi connectivity index (χ0v) is 9.56. The van der Waals surface area contributed by atoms with E-state index in [0.29, 0.717) is 22.6 Å². The zero-order valence-electron chi connectivity index (χ0n) is 9.56. The van der Waals surface area contributed by atoms with E-state index < -0.39 is 0 Å². The zero-order chi connectivity index (χ0) is 13.0. The van der Waals surface area contributed by atoms with Gasteiger partial charge >= 0.3 is 0 Å². The molecule has 3 nitrogen and oxygen atoms in total. The summed E-state index contributed by atoms with van der Waals surface area (Å²) in [5.74, 6) is 0.181. The highest BCUT2D eigenvalue weighted by atomic mass is 19.1. The molecule has 0 aromatic heterocycles. The lowest BCUT2D eigenvalue weighted by Crippen LogP contribution is -2.03. The van der Waals surface area contributed by atoms with Crippen molar-refractivity contribution in [3.63, 3.8) is 0 Å². The molecular weight excluding hydrogens is 231 g/mol. The highest BCUT2D eigenvalue weighted by molar-refractivity contribution is 5.47. The number of ether oxygens (including phenoxy) is 1. The Hall–Kier alpha value is -2.54. The van der Waals surface area contributed by atoms with Gasteiger partial charge in [0, 0.05) is 11.3 Å². The second-order valence-corrected chi connectivity index (χ2v) is 3.73. The summed E-state index contributed by atoms with van der Waals surface area (Å²) in [4.78, 5) is 0. The number of nitrogens with two attached hydrogens (primary N) is 1. The SMILES string of the molecule is N#Cc1ccc(OCc2c(N)cccc2F)cc1. The summed E-state index contributed by atoms with van der Waals surface area (Å²) in [6, 6.07) is 13.1. The molecule has 90 valence electrons. The van der Waals surface area contributed by atoms with Gasteiger partial charge in [0.25, 0.3) is 0 Å². The van der Waals surface area contributed by atoms with E-state index in [0.717, 1.165) is 0 Å². The molecule has 0 saturated heterocycles. The van der Waals surface area contributed by atoms with E-state index in [4.69, 9.17) is 15.7 Å². The van der Waals surface area contributed by atoms with E-state index in [-0.39, 0.29) is 12.4 Å². The van der Waals surface area contributed by atoms with Crippen molar-refractivity contribution in [1.29, 1.82) is 5.26 Å². The van der Waals surface area contributed by atoms with Crippen LogP contribution in [0.5, 0.6) is 5.75 Å². The molecule has 0 aliphatic heterocycles. The normalized spacial score (nSPS) is 9.78. The molecule has 4 heteroatoms. The van der Waals surface area contributed by atoms with E-state index in [1.54, 1.807) is 36.4 Å². The van der Waals surface area contributed by atoms with Crippen LogP contribution in [0.1, 0.15) is 11.1 Å². The van der Waals surface area contributed by atoms with E-state index in [1.807, 2.05) is 6.07 Å². The summed E-state index contributed by atoms with van der Waals surface area (Å²) in [5.41, 5.74) is 6.92. The molecule has 0 saturated carbocycles. The van der Waals surface area contributed by atoms with Crippen molar-refractivity contribution in [3.05, 3.63) is 59.4 Å². The molecule has 0 atom stereocenters. The van der Waals surface area contributed by atoms with Gasteiger partial charge in [-0.2, -0.15) is 5.26 Å². The standard InChI is InChI=1S/C14H11FN2O/c15-13-2-1-3-14(17)12(13)9-18-11-6-4-10(8-16)5-7-11/h1-7H,9,17H2. The number of benzene rings is 2. The Morgan fingerprint density at radius 1 is 1.17 bits per heavy atom. The molecule has 2 aromatic carbocycles. The number of anilines is 1. The van der Waals surface area contributed by atoms with Crippen LogP contribution in [0, 0.1) is 17.1 Å². The Morgan fingerprint density at radius 2 is 1.89 bits per heavy atom. The van der Waals surface area contributed by atoms with Gasteiger partial charge in [-0.1, -0.05) is 6.07 Å². The average molecular weight is 242 g/mol. The number of nitrogen functional groups attached to an aromatic ring is 1. The van der Waals surface area contributed by atoms with Crippen LogP contribution in [0.25, 0.3) is 0 Å². The van der Waals surface area contributed by atoms with Crippen LogP contribution >= 0.6 is 0 Å². The summed E-state index contributed by atoms with van der Waals surface area (Å²) in [5, 5.41) is 8.65. The van der Waals surface area contributed by atoms with Gasteiger partial charge in [-0.3, -0.25) is 0 Å². The van der Waals surface area contributed by atoms with Gasteiger partial charge in [0.15, 0.2) is 0 Å². The van der Waals surface area contributed by atoms with Crippen LogP contribution in [-0.4, -0.2) is 0 Å². The van der Waals surface area contributed by atoms with Crippen LogP contribution in [0.4, 0.5) is 10.1 Å². The third kappa shape index (κ3) is 2.58. The Kier molecular flexibility index (Phi) is 3.44. The minimum absolute atomic E-state index is 0.0599. The molecule has 0 spiro atoms. The highest BCUT2D eigenvalue weighted by Crippen LogP contribution is 2.19. The molecule has 0 aliphatic rings. The largest absolute Gasteiger partial charge is 0.489 e. The first-order valence-electron chi connectivity index (χ1n) is 5.36. The maximum absolute atomic E-state index is 13.5. The molecule has 0 radical (unpaired) electrons. The molecule has 2 N–H and O–H groups in total. The molecule has 0 bridgehead atoms. The van der Waals surface area contributed by atoms with Crippen molar-refractivity contribution in [2.45, 2.75) is 6.61 Å². The number of hydrogen-bond donors (Lipinski definition) is 1. The number of rotatable bonds is 3. The molecule has 18 heavy (non-hydrogen) atoms. The van der Waals surface area contributed by atoms with Gasteiger partial charge in [0.1, 0.15) is 18.2 Å². The van der Waals surface area contributed by atoms with Crippen LogP contribution in [0.2, 0.25) is 0 Å². The molecule has 0 aliphatic carbocycles. The molecule has 0 unspecified atom stereocenters. The second kappa shape index (κ2) is 5.19. The van der Waals surface area contributed by atoms with Crippen LogP contribution in [0.3, 0.4) is 0 Å². The third-order valence-corrected chi connectivity index (χ3v) is 2.52. The predicted octanol–water partition coefficient (Wildman–Crippen LogP) is 2.86. The fraction of sp³-hybridized carbons (Fsp3) is 0.0714. The summed E-state index contributed by atoms with van der Waals surface area (Å²) in [6.07, 6.45) is 0. The highest BCUT2D eigenvalue weighted by Gasteiger charge is 2.06. The minimum Gasteiger partial charge on any atom is -0.489 e. The summed E-state index contributed by atoms with van der Waals surface area (Å²) >= 11 is 0. The summed E-state index contributed by atoms with van der Waals surface area (Å²) in [7, 11) is 0. The lowest BCUT2D eigenvalue weighted by atomic mass is 10.2. The van der Waals surface area contributed by atoms with Gasteiger partial charge in [-0.05, 0) is 36.4 Å². The topological polar surface area (TPSA) is 59.0 Å². The van der Waals surface area contributed by atoms with Gasteiger partial charge < -0.3 is 10.5 Å². The lowest BCUT2D eigenvalue weighted by molar-refractivity contribution is 0.300. The van der Waals surface area contributed by atoms with Crippen molar-refractivity contribution in [2.24, 2.45) is 0 Å². The van der Waals surface area contributed by atoms with Crippen LogP contribution in [-0.2, 0) is 6.61 Å². The van der Waals surface area contributed by atoms with Gasteiger partial charge in [0.2, 0.25) is 0 Å². The Balaban J connectivity index is 2.09. The predicted molar refractivity (Wildman–Crippen MR) is 66.3 cm³/mol. The average Bonchev–Trinajstić information content (AvgIpc) is 2.39. The molecule has 0 amide bonds. The molecule has 0 heterocycles. The molecule has 2 rings (SSSR count). The van der Waals surface area contributed by atoms with E-state index in [9.17, 15) is 4.39 Å². The minimum atomic E-state index is -0.386. The van der Waals surface area contributed by atoms with Gasteiger partial charge in [-0.25, -0.2) is 4.39 Å². The van der Waals surface area contributed by atoms with Gasteiger partial charge in [-0.15, -0.1) is 0 Å². The first-order chi connectivity index (χ1) is 8.70. The van der Waals surface area contributed by atoms with Crippen molar-refractivity contribution in [2.75, 3.05) is 5.73 Å². The number of hydrogen-bond acceptors (Lipinski definition) is 3. The number of nitrogens with zero attached hydrogens (tertiary/aromatic N) is 1. The Morgan fingerprint density at radius 3 is 2.50 bits per heavy atom. The van der Waals surface area contributed by atoms with E-state index in [1.165, 1.54) is 6.07 Å². The van der Waals surface area contributed by atoms with Crippen LogP contribution in [0.15, 0.2) is 42.5 Å². The van der Waals surface area contributed by atoms with Crippen molar-refractivity contribution >= 4 is 5.69 Å². The summed E-state index contributed by atoms with van der Waals surface area (Å²) in [6.45, 7) is 0.0599. The van der Waals surface area contributed by atoms with Gasteiger partial charge in [0.05, 0.1) is 11.6 Å². The van der Waals surface area contributed by atoms with Crippen molar-refractivity contribution in [3.8, 4) is 11.8 Å². The van der Waals surface area contributed by atoms with Crippen molar-refractivity contribution in [1.82, 2.24) is 0 Å². The smallest absolute Gasteiger partial charge is 0.131 e. The third-order valence-electron chi connectivity index (χ3n) is 2.52. The quantitative estimate of drug-likeness (QED) is 0.842. The number of nitriles is 1. The molecular formula is C14H11FN2O. The van der Waals surface area contributed by atoms with E-state index >= 15 is 0 Å². The molecule has 2 aromatic rings. The Labute approximate surface area is 104 Å². The van der Waals surface area contributed by atoms with Crippen LogP contribution < -0.4 is 10.5 Å². The second-order valence-electron chi connectivity index (χ2n) is 3.73. The first kappa shape index (κ1) is 11.9.